The number of carbonyl (C=O) groups is 2. The van der Waals surface area contributed by atoms with E-state index in [0.29, 0.717) is 35.7 Å². The van der Waals surface area contributed by atoms with Crippen molar-refractivity contribution in [3.05, 3.63) is 47.5 Å². The summed E-state index contributed by atoms with van der Waals surface area (Å²) in [5, 5.41) is 2.76. The fraction of sp³-hybridized carbons (Fsp3) is 0.364. The molecule has 0 saturated carbocycles. The first kappa shape index (κ1) is 21.9. The maximum atomic E-state index is 12.7. The van der Waals surface area contributed by atoms with Gasteiger partial charge < -0.3 is 19.5 Å². The highest BCUT2D eigenvalue weighted by atomic mass is 32.2. The molecule has 0 unspecified atom stereocenters. The quantitative estimate of drug-likeness (QED) is 0.660. The highest BCUT2D eigenvalue weighted by Crippen LogP contribution is 2.43. The smallest absolute Gasteiger partial charge is 0.343 e. The summed E-state index contributed by atoms with van der Waals surface area (Å²) < 4.78 is 42.0. The molecule has 1 saturated heterocycles. The van der Waals surface area contributed by atoms with E-state index in [1.54, 1.807) is 36.4 Å². The van der Waals surface area contributed by atoms with Crippen molar-refractivity contribution in [1.82, 2.24) is 0 Å². The number of sulfonamides is 1. The van der Waals surface area contributed by atoms with Crippen molar-refractivity contribution in [3.63, 3.8) is 0 Å². The highest BCUT2D eigenvalue weighted by molar-refractivity contribution is 7.92. The third kappa shape index (κ3) is 4.10. The summed E-state index contributed by atoms with van der Waals surface area (Å²) in [6, 6.07) is 10.0. The summed E-state index contributed by atoms with van der Waals surface area (Å²) in [5.74, 6) is -0.161. The maximum absolute atomic E-state index is 12.7. The molecule has 0 bridgehead atoms. The number of ether oxygens (including phenoxy) is 3. The fourth-order valence-corrected chi connectivity index (χ4v) is 5.65. The molecule has 2 aliphatic rings. The normalized spacial score (nSPS) is 19.1. The van der Waals surface area contributed by atoms with Crippen LogP contribution in [0.2, 0.25) is 0 Å². The van der Waals surface area contributed by atoms with E-state index < -0.39 is 22.1 Å². The lowest BCUT2D eigenvalue weighted by Gasteiger charge is -2.28. The molecule has 1 fully saturated rings. The zero-order valence-corrected chi connectivity index (χ0v) is 18.6. The van der Waals surface area contributed by atoms with Gasteiger partial charge in [-0.2, -0.15) is 0 Å². The van der Waals surface area contributed by atoms with Gasteiger partial charge in [-0.1, -0.05) is 12.1 Å². The molecule has 2 aromatic carbocycles. The van der Waals surface area contributed by atoms with Gasteiger partial charge in [0.25, 0.3) is 0 Å². The summed E-state index contributed by atoms with van der Waals surface area (Å²) in [6.45, 7) is 0.417. The van der Waals surface area contributed by atoms with Crippen LogP contribution in [0, 0.1) is 0 Å². The van der Waals surface area contributed by atoms with Crippen LogP contribution in [-0.4, -0.2) is 46.8 Å². The summed E-state index contributed by atoms with van der Waals surface area (Å²) in [6.07, 6.45) is 0.577. The Morgan fingerprint density at radius 2 is 2.00 bits per heavy atom. The Labute approximate surface area is 186 Å². The number of nitrogens with zero attached hydrogens (tertiary/aromatic N) is 1. The lowest BCUT2D eigenvalue weighted by Crippen LogP contribution is -2.37. The summed E-state index contributed by atoms with van der Waals surface area (Å²) in [7, 11) is -0.449. The van der Waals surface area contributed by atoms with Gasteiger partial charge in [-0.15, -0.1) is 0 Å². The van der Waals surface area contributed by atoms with Gasteiger partial charge in [0.05, 0.1) is 32.1 Å². The number of benzene rings is 2. The minimum Gasteiger partial charge on any atom is -0.493 e. The average Bonchev–Trinajstić information content (AvgIpc) is 3.08. The Balaban J connectivity index is 1.50. The van der Waals surface area contributed by atoms with Gasteiger partial charge in [-0.3, -0.25) is 9.10 Å². The van der Waals surface area contributed by atoms with Crippen LogP contribution in [0.3, 0.4) is 0 Å². The van der Waals surface area contributed by atoms with E-state index in [9.17, 15) is 18.0 Å². The average molecular weight is 461 g/mol. The first-order valence-electron chi connectivity index (χ1n) is 10.2. The molecule has 0 aliphatic carbocycles. The topological polar surface area (TPSA) is 111 Å². The lowest BCUT2D eigenvalue weighted by atomic mass is 10.0. The van der Waals surface area contributed by atoms with Crippen LogP contribution < -0.4 is 19.1 Å². The minimum absolute atomic E-state index is 0.0968. The Morgan fingerprint density at radius 1 is 1.19 bits per heavy atom. The number of rotatable bonds is 6. The highest BCUT2D eigenvalue weighted by Gasteiger charge is 2.37. The van der Waals surface area contributed by atoms with E-state index in [2.05, 4.69) is 5.32 Å². The van der Waals surface area contributed by atoms with E-state index >= 15 is 0 Å². The molecule has 4 rings (SSSR count). The molecule has 10 heteroatoms. The number of cyclic esters (lactones) is 1. The van der Waals surface area contributed by atoms with Crippen molar-refractivity contribution in [2.45, 2.75) is 25.4 Å². The molecule has 0 radical (unpaired) electrons. The second-order valence-electron chi connectivity index (χ2n) is 7.56. The lowest BCUT2D eigenvalue weighted by molar-refractivity contribution is -0.118. The number of amides is 1. The second kappa shape index (κ2) is 8.70. The molecule has 2 heterocycles. The molecule has 170 valence electrons. The number of methoxy groups -OCH3 is 2. The van der Waals surface area contributed by atoms with Crippen LogP contribution in [-0.2, 0) is 19.6 Å². The van der Waals surface area contributed by atoms with E-state index in [1.165, 1.54) is 18.5 Å². The number of carbonyl (C=O) groups excluding carboxylic acids is 2. The molecule has 0 spiro atoms. The van der Waals surface area contributed by atoms with Gasteiger partial charge in [0.1, 0.15) is 11.7 Å². The van der Waals surface area contributed by atoms with Crippen molar-refractivity contribution in [2.24, 2.45) is 0 Å². The zero-order chi connectivity index (χ0) is 22.9. The van der Waals surface area contributed by atoms with Gasteiger partial charge in [0.2, 0.25) is 15.9 Å². The first-order chi connectivity index (χ1) is 15.3. The third-order valence-corrected chi connectivity index (χ3v) is 7.39. The Kier molecular flexibility index (Phi) is 5.96. The monoisotopic (exact) mass is 460 g/mol. The van der Waals surface area contributed by atoms with E-state index in [4.69, 9.17) is 14.2 Å². The van der Waals surface area contributed by atoms with Crippen molar-refractivity contribution in [1.29, 1.82) is 0 Å². The number of esters is 1. The molecule has 9 nitrogen and oxygen atoms in total. The molecule has 1 atom stereocenters. The number of hydrogen-bond acceptors (Lipinski definition) is 7. The number of nitrogens with one attached hydrogen (secondary N) is 1. The first-order valence-corrected chi connectivity index (χ1v) is 11.8. The summed E-state index contributed by atoms with van der Waals surface area (Å²) in [5.41, 5.74) is 1.78. The maximum Gasteiger partial charge on any atom is 0.343 e. The van der Waals surface area contributed by atoms with Crippen molar-refractivity contribution in [3.8, 4) is 11.5 Å². The van der Waals surface area contributed by atoms with Crippen LogP contribution in [0.4, 0.5) is 11.4 Å². The molecule has 2 aromatic rings. The minimum atomic E-state index is -3.35. The van der Waals surface area contributed by atoms with Gasteiger partial charge in [0.15, 0.2) is 11.5 Å². The number of hydrogen-bond donors (Lipinski definition) is 1. The molecular weight excluding hydrogens is 436 g/mol. The Hall–Kier alpha value is -3.27. The molecule has 32 heavy (non-hydrogen) atoms. The largest absolute Gasteiger partial charge is 0.493 e. The van der Waals surface area contributed by atoms with Crippen LogP contribution in [0.5, 0.6) is 11.5 Å². The molecule has 0 aromatic heterocycles. The van der Waals surface area contributed by atoms with E-state index in [0.717, 1.165) is 6.42 Å². The Morgan fingerprint density at radius 3 is 2.72 bits per heavy atom. The van der Waals surface area contributed by atoms with Crippen LogP contribution in [0.1, 0.15) is 41.3 Å². The van der Waals surface area contributed by atoms with Crippen molar-refractivity contribution in [2.75, 3.05) is 36.1 Å². The van der Waals surface area contributed by atoms with Crippen LogP contribution in [0.15, 0.2) is 36.4 Å². The van der Waals surface area contributed by atoms with Gasteiger partial charge in [-0.25, -0.2) is 13.2 Å². The molecule has 1 N–H and O–H groups in total. The summed E-state index contributed by atoms with van der Waals surface area (Å²) >= 11 is 0. The second-order valence-corrected chi connectivity index (χ2v) is 9.57. The standard InChI is InChI=1S/C22H24N2O7S/c1-29-17-9-8-16-18(31-22(26)20(16)21(17)30-2)13-19(25)23-14-6-5-7-15(12-14)24-10-3-4-11-32(24,27)28/h5-9,12,18H,3-4,10-11,13H2,1-2H3,(H,23,25)/t18-/m0/s1. The van der Waals surface area contributed by atoms with Gasteiger partial charge in [0, 0.05) is 17.8 Å². The van der Waals surface area contributed by atoms with Crippen LogP contribution >= 0.6 is 0 Å². The van der Waals surface area contributed by atoms with Crippen molar-refractivity contribution >= 4 is 33.3 Å². The SMILES string of the molecule is COc1ccc2c(c1OC)C(=O)O[C@H]2CC(=O)Nc1cccc(N2CCCCS2(=O)=O)c1. The fourth-order valence-electron chi connectivity index (χ4n) is 4.02. The molecule has 1 amide bonds. The van der Waals surface area contributed by atoms with Crippen molar-refractivity contribution < 1.29 is 32.2 Å². The van der Waals surface area contributed by atoms with Crippen LogP contribution in [0.25, 0.3) is 0 Å². The predicted molar refractivity (Wildman–Crippen MR) is 118 cm³/mol. The van der Waals surface area contributed by atoms with Gasteiger partial charge in [-0.05, 0) is 37.1 Å². The third-order valence-electron chi connectivity index (χ3n) is 5.52. The zero-order valence-electron chi connectivity index (χ0n) is 17.8. The Bertz CT molecular complexity index is 1160. The predicted octanol–water partition coefficient (Wildman–Crippen LogP) is 2.87. The number of anilines is 2. The van der Waals surface area contributed by atoms with Gasteiger partial charge >= 0.3 is 5.97 Å². The van der Waals surface area contributed by atoms with E-state index in [1.807, 2.05) is 0 Å². The summed E-state index contributed by atoms with van der Waals surface area (Å²) in [4.78, 5) is 25.1. The molecule has 2 aliphatic heterocycles. The molecular formula is C22H24N2O7S. The number of fused-ring (bicyclic) bond motifs is 1. The van der Waals surface area contributed by atoms with E-state index in [-0.39, 0.29) is 29.4 Å².